The Balaban J connectivity index is 1.28. The minimum Gasteiger partial charge on any atom is -0.471 e. The molecule has 0 radical (unpaired) electrons. The van der Waals surface area contributed by atoms with Gasteiger partial charge in [-0.1, -0.05) is 30.3 Å². The van der Waals surface area contributed by atoms with Crippen molar-refractivity contribution in [2.24, 2.45) is 0 Å². The van der Waals surface area contributed by atoms with E-state index in [0.717, 1.165) is 18.4 Å². The van der Waals surface area contributed by atoms with Crippen LogP contribution in [0.25, 0.3) is 0 Å². The van der Waals surface area contributed by atoms with Gasteiger partial charge in [-0.15, -0.1) is 0 Å². The van der Waals surface area contributed by atoms with Crippen LogP contribution in [0.5, 0.6) is 5.88 Å². The van der Waals surface area contributed by atoms with Gasteiger partial charge in [0.05, 0.1) is 6.07 Å². The monoisotopic (exact) mass is 385 g/mol. The molecule has 148 valence electrons. The molecule has 2 aromatic rings. The van der Waals surface area contributed by atoms with Crippen LogP contribution in [0.4, 0.5) is 0 Å². The molecule has 2 amide bonds. The minimum atomic E-state index is -0.319. The van der Waals surface area contributed by atoms with Crippen LogP contribution in [-0.4, -0.2) is 65.7 Å². The first-order valence-corrected chi connectivity index (χ1v) is 9.54. The third kappa shape index (κ3) is 4.17. The van der Waals surface area contributed by atoms with Crippen molar-refractivity contribution in [3.8, 4) is 5.88 Å². The van der Waals surface area contributed by atoms with Crippen molar-refractivity contribution in [2.45, 2.75) is 25.6 Å². The first-order valence-electron chi connectivity index (χ1n) is 9.54. The Hall–Kier alpha value is -2.87. The molecule has 2 saturated heterocycles. The van der Waals surface area contributed by atoms with Crippen LogP contribution in [0.2, 0.25) is 0 Å². The van der Waals surface area contributed by atoms with E-state index in [4.69, 9.17) is 14.0 Å². The maximum Gasteiger partial charge on any atom is 0.292 e. The zero-order chi connectivity index (χ0) is 19.3. The first-order chi connectivity index (χ1) is 13.7. The van der Waals surface area contributed by atoms with Crippen molar-refractivity contribution < 1.29 is 23.6 Å². The standard InChI is InChI=1S/C20H23N3O5/c24-19(16-7-4-12-26-16)22-8-10-23(11-9-22)20(25)17-13-18(21-28-17)27-14-15-5-2-1-3-6-15/h1-3,5-6,13,16H,4,7-12,14H2. The molecule has 3 heterocycles. The number of aromatic nitrogens is 1. The lowest BCUT2D eigenvalue weighted by atomic mass is 10.2. The third-order valence-corrected chi connectivity index (χ3v) is 5.01. The number of carbonyl (C=O) groups is 2. The topological polar surface area (TPSA) is 85.1 Å². The average molecular weight is 385 g/mol. The highest BCUT2D eigenvalue weighted by molar-refractivity contribution is 5.92. The number of ether oxygens (including phenoxy) is 2. The van der Waals surface area contributed by atoms with E-state index in [9.17, 15) is 9.59 Å². The molecule has 0 saturated carbocycles. The number of carbonyl (C=O) groups excluding carboxylic acids is 2. The van der Waals surface area contributed by atoms with E-state index in [0.29, 0.717) is 39.4 Å². The Morgan fingerprint density at radius 2 is 1.86 bits per heavy atom. The number of amides is 2. The smallest absolute Gasteiger partial charge is 0.292 e. The van der Waals surface area contributed by atoms with Gasteiger partial charge in [0.1, 0.15) is 12.7 Å². The van der Waals surface area contributed by atoms with Crippen LogP contribution in [0.15, 0.2) is 40.9 Å². The minimum absolute atomic E-state index is 0.0286. The summed E-state index contributed by atoms with van der Waals surface area (Å²) >= 11 is 0. The van der Waals surface area contributed by atoms with Crippen molar-refractivity contribution in [1.29, 1.82) is 0 Å². The highest BCUT2D eigenvalue weighted by Crippen LogP contribution is 2.18. The van der Waals surface area contributed by atoms with Gasteiger partial charge in [0.2, 0.25) is 5.76 Å². The van der Waals surface area contributed by atoms with E-state index < -0.39 is 0 Å². The number of hydrogen-bond donors (Lipinski definition) is 0. The molecule has 0 spiro atoms. The highest BCUT2D eigenvalue weighted by Gasteiger charge is 2.32. The van der Waals surface area contributed by atoms with Gasteiger partial charge in [0.25, 0.3) is 17.7 Å². The summed E-state index contributed by atoms with van der Waals surface area (Å²) in [7, 11) is 0. The molecule has 2 fully saturated rings. The normalized spacial score (nSPS) is 19.6. The Labute approximate surface area is 163 Å². The second kappa shape index (κ2) is 8.43. The number of nitrogens with zero attached hydrogens (tertiary/aromatic N) is 3. The van der Waals surface area contributed by atoms with Crippen molar-refractivity contribution in [2.75, 3.05) is 32.8 Å². The predicted octanol–water partition coefficient (Wildman–Crippen LogP) is 1.72. The van der Waals surface area contributed by atoms with Gasteiger partial charge in [-0.2, -0.15) is 0 Å². The Kier molecular flexibility index (Phi) is 5.57. The van der Waals surface area contributed by atoms with Gasteiger partial charge in [-0.05, 0) is 23.6 Å². The van der Waals surface area contributed by atoms with Crippen molar-refractivity contribution in [1.82, 2.24) is 15.0 Å². The summed E-state index contributed by atoms with van der Waals surface area (Å²) in [6, 6.07) is 11.2. The van der Waals surface area contributed by atoms with E-state index in [1.54, 1.807) is 9.80 Å². The SMILES string of the molecule is O=C(c1cc(OCc2ccccc2)no1)N1CCN(C(=O)C2CCCO2)CC1. The Morgan fingerprint density at radius 3 is 2.57 bits per heavy atom. The fourth-order valence-corrected chi connectivity index (χ4v) is 3.42. The van der Waals surface area contributed by atoms with E-state index in [1.165, 1.54) is 6.07 Å². The largest absolute Gasteiger partial charge is 0.471 e. The first kappa shape index (κ1) is 18.5. The molecule has 28 heavy (non-hydrogen) atoms. The lowest BCUT2D eigenvalue weighted by Crippen LogP contribution is -2.52. The quantitative estimate of drug-likeness (QED) is 0.779. The predicted molar refractivity (Wildman–Crippen MR) is 98.7 cm³/mol. The van der Waals surface area contributed by atoms with Crippen LogP contribution in [-0.2, 0) is 16.1 Å². The number of piperazine rings is 1. The molecular weight excluding hydrogens is 362 g/mol. The second-order valence-electron chi connectivity index (χ2n) is 6.92. The summed E-state index contributed by atoms with van der Waals surface area (Å²) in [6.45, 7) is 2.91. The molecule has 2 aliphatic heterocycles. The van der Waals surface area contributed by atoms with Crippen LogP contribution in [0.1, 0.15) is 29.0 Å². The number of rotatable bonds is 5. The van der Waals surface area contributed by atoms with Crippen LogP contribution in [0.3, 0.4) is 0 Å². The summed E-state index contributed by atoms with van der Waals surface area (Å²) in [4.78, 5) is 28.5. The van der Waals surface area contributed by atoms with Crippen LogP contribution < -0.4 is 4.74 Å². The molecular formula is C20H23N3O5. The van der Waals surface area contributed by atoms with E-state index in [-0.39, 0.29) is 29.6 Å². The Morgan fingerprint density at radius 1 is 1.11 bits per heavy atom. The number of benzene rings is 1. The van der Waals surface area contributed by atoms with Crippen molar-refractivity contribution in [3.05, 3.63) is 47.7 Å². The summed E-state index contributed by atoms with van der Waals surface area (Å²) in [6.07, 6.45) is 1.39. The van der Waals surface area contributed by atoms with Gasteiger partial charge >= 0.3 is 0 Å². The molecule has 8 heteroatoms. The maximum atomic E-state index is 12.6. The van der Waals surface area contributed by atoms with Gasteiger partial charge < -0.3 is 23.8 Å². The average Bonchev–Trinajstić information content (AvgIpc) is 3.44. The van der Waals surface area contributed by atoms with Crippen LogP contribution in [0, 0.1) is 0 Å². The molecule has 2 aliphatic rings. The summed E-state index contributed by atoms with van der Waals surface area (Å²) in [5.74, 6) is 0.202. The zero-order valence-electron chi connectivity index (χ0n) is 15.6. The van der Waals surface area contributed by atoms with E-state index >= 15 is 0 Å². The fraction of sp³-hybridized carbons (Fsp3) is 0.450. The lowest BCUT2D eigenvalue weighted by Gasteiger charge is -2.35. The summed E-state index contributed by atoms with van der Waals surface area (Å²) < 4.78 is 16.2. The molecule has 4 rings (SSSR count). The number of hydrogen-bond acceptors (Lipinski definition) is 6. The molecule has 8 nitrogen and oxygen atoms in total. The van der Waals surface area contributed by atoms with Crippen molar-refractivity contribution in [3.63, 3.8) is 0 Å². The molecule has 1 aromatic heterocycles. The Bertz CT molecular complexity index is 808. The van der Waals surface area contributed by atoms with Gasteiger partial charge in [-0.25, -0.2) is 0 Å². The maximum absolute atomic E-state index is 12.6. The molecule has 1 atom stereocenters. The molecule has 1 unspecified atom stereocenters. The van der Waals surface area contributed by atoms with E-state index in [2.05, 4.69) is 5.16 Å². The van der Waals surface area contributed by atoms with Gasteiger partial charge in [-0.3, -0.25) is 9.59 Å². The summed E-state index contributed by atoms with van der Waals surface area (Å²) in [5, 5.41) is 3.82. The molecule has 1 aromatic carbocycles. The molecule has 0 aliphatic carbocycles. The summed E-state index contributed by atoms with van der Waals surface area (Å²) in [5.41, 5.74) is 1.01. The zero-order valence-corrected chi connectivity index (χ0v) is 15.6. The second-order valence-corrected chi connectivity index (χ2v) is 6.92. The van der Waals surface area contributed by atoms with Crippen molar-refractivity contribution >= 4 is 11.8 Å². The molecule has 0 bridgehead atoms. The third-order valence-electron chi connectivity index (χ3n) is 5.01. The van der Waals surface area contributed by atoms with E-state index in [1.807, 2.05) is 30.3 Å². The fourth-order valence-electron chi connectivity index (χ4n) is 3.42. The van der Waals surface area contributed by atoms with Crippen LogP contribution >= 0.6 is 0 Å². The molecule has 0 N–H and O–H groups in total. The van der Waals surface area contributed by atoms with Gasteiger partial charge in [0.15, 0.2) is 0 Å². The lowest BCUT2D eigenvalue weighted by molar-refractivity contribution is -0.142. The van der Waals surface area contributed by atoms with Gasteiger partial charge in [0, 0.05) is 32.8 Å². The highest BCUT2D eigenvalue weighted by atomic mass is 16.5.